The summed E-state index contributed by atoms with van der Waals surface area (Å²) in [6.07, 6.45) is 2.74. The molecule has 2 N–H and O–H groups in total. The first kappa shape index (κ1) is 13.6. The minimum Gasteiger partial charge on any atom is -0.387 e. The highest BCUT2D eigenvalue weighted by atomic mass is 19.1. The molecule has 1 aromatic heterocycles. The first-order valence-corrected chi connectivity index (χ1v) is 6.23. The van der Waals surface area contributed by atoms with Crippen molar-refractivity contribution < 1.29 is 9.50 Å². The molecule has 0 saturated heterocycles. The number of rotatable bonds is 5. The van der Waals surface area contributed by atoms with Crippen LogP contribution in [0.5, 0.6) is 0 Å². The van der Waals surface area contributed by atoms with Gasteiger partial charge in [-0.05, 0) is 42.3 Å². The van der Waals surface area contributed by atoms with Crippen molar-refractivity contribution in [1.29, 1.82) is 0 Å². The summed E-state index contributed by atoms with van der Waals surface area (Å²) in [6, 6.07) is 9.98. The molecule has 0 amide bonds. The van der Waals surface area contributed by atoms with Gasteiger partial charge in [-0.25, -0.2) is 4.39 Å². The molecule has 0 radical (unpaired) electrons. The van der Waals surface area contributed by atoms with Gasteiger partial charge in [-0.3, -0.25) is 4.98 Å². The van der Waals surface area contributed by atoms with Crippen molar-refractivity contribution in [2.75, 3.05) is 6.54 Å². The van der Waals surface area contributed by atoms with E-state index in [-0.39, 0.29) is 11.9 Å². The van der Waals surface area contributed by atoms with Crippen LogP contribution in [0.15, 0.2) is 48.8 Å². The summed E-state index contributed by atoms with van der Waals surface area (Å²) in [7, 11) is 0. The minimum atomic E-state index is -0.722. The van der Waals surface area contributed by atoms with Gasteiger partial charge in [0.25, 0.3) is 0 Å². The third kappa shape index (κ3) is 3.84. The second kappa shape index (κ2) is 6.41. The summed E-state index contributed by atoms with van der Waals surface area (Å²) < 4.78 is 13.1. The highest BCUT2D eigenvalue weighted by molar-refractivity contribution is 5.19. The van der Waals surface area contributed by atoms with Crippen LogP contribution in [-0.4, -0.2) is 16.6 Å². The summed E-state index contributed by atoms with van der Waals surface area (Å²) >= 11 is 0. The summed E-state index contributed by atoms with van der Waals surface area (Å²) in [5.74, 6) is -0.335. The summed E-state index contributed by atoms with van der Waals surface area (Å²) in [6.45, 7) is 2.38. The minimum absolute atomic E-state index is 0.103. The van der Waals surface area contributed by atoms with Crippen LogP contribution in [0.25, 0.3) is 0 Å². The molecule has 1 heterocycles. The predicted octanol–water partition coefficient (Wildman–Crippen LogP) is 2.60. The number of nitrogens with one attached hydrogen (secondary N) is 1. The molecule has 0 fully saturated rings. The molecular formula is C15H17FN2O. The molecule has 0 bridgehead atoms. The van der Waals surface area contributed by atoms with E-state index >= 15 is 0 Å². The van der Waals surface area contributed by atoms with E-state index < -0.39 is 6.10 Å². The Balaban J connectivity index is 1.92. The standard InChI is InChI=1S/C15H17FN2O/c1-11(12-5-7-17-8-6-12)18-10-15(19)13-3-2-4-14(16)9-13/h2-9,11,15,18-19H,10H2,1H3. The fourth-order valence-corrected chi connectivity index (χ4v) is 1.89. The van der Waals surface area contributed by atoms with E-state index in [1.54, 1.807) is 24.5 Å². The fraction of sp³-hybridized carbons (Fsp3) is 0.267. The Hall–Kier alpha value is -1.78. The van der Waals surface area contributed by atoms with Crippen LogP contribution in [0.3, 0.4) is 0 Å². The Labute approximate surface area is 112 Å². The maximum Gasteiger partial charge on any atom is 0.123 e. The van der Waals surface area contributed by atoms with Crippen molar-refractivity contribution in [3.63, 3.8) is 0 Å². The van der Waals surface area contributed by atoms with Crippen LogP contribution in [0.1, 0.15) is 30.2 Å². The van der Waals surface area contributed by atoms with Gasteiger partial charge in [0.2, 0.25) is 0 Å². The average Bonchev–Trinajstić information content (AvgIpc) is 2.45. The van der Waals surface area contributed by atoms with Gasteiger partial charge < -0.3 is 10.4 Å². The second-order valence-corrected chi connectivity index (χ2v) is 4.48. The van der Waals surface area contributed by atoms with E-state index in [0.29, 0.717) is 12.1 Å². The molecule has 2 rings (SSSR count). The smallest absolute Gasteiger partial charge is 0.123 e. The molecule has 0 saturated carbocycles. The molecule has 100 valence electrons. The highest BCUT2D eigenvalue weighted by Crippen LogP contribution is 2.15. The van der Waals surface area contributed by atoms with E-state index in [9.17, 15) is 9.50 Å². The number of aliphatic hydroxyl groups excluding tert-OH is 1. The highest BCUT2D eigenvalue weighted by Gasteiger charge is 2.11. The molecule has 3 nitrogen and oxygen atoms in total. The van der Waals surface area contributed by atoms with Gasteiger partial charge in [-0.15, -0.1) is 0 Å². The first-order valence-electron chi connectivity index (χ1n) is 6.23. The van der Waals surface area contributed by atoms with Crippen LogP contribution >= 0.6 is 0 Å². The molecule has 0 aliphatic carbocycles. The van der Waals surface area contributed by atoms with Crippen molar-refractivity contribution in [2.45, 2.75) is 19.1 Å². The van der Waals surface area contributed by atoms with Crippen LogP contribution in [0.2, 0.25) is 0 Å². The molecule has 2 unspecified atom stereocenters. The number of aromatic nitrogens is 1. The molecular weight excluding hydrogens is 243 g/mol. The third-order valence-electron chi connectivity index (χ3n) is 3.06. The van der Waals surface area contributed by atoms with Gasteiger partial charge in [0.1, 0.15) is 5.82 Å². The van der Waals surface area contributed by atoms with Crippen molar-refractivity contribution in [3.8, 4) is 0 Å². The van der Waals surface area contributed by atoms with E-state index in [0.717, 1.165) is 5.56 Å². The van der Waals surface area contributed by atoms with E-state index in [1.165, 1.54) is 12.1 Å². The molecule has 19 heavy (non-hydrogen) atoms. The summed E-state index contributed by atoms with van der Waals surface area (Å²) in [4.78, 5) is 3.96. The predicted molar refractivity (Wildman–Crippen MR) is 72.0 cm³/mol. The molecule has 2 aromatic rings. The molecule has 0 aliphatic heterocycles. The number of halogens is 1. The number of benzene rings is 1. The number of nitrogens with zero attached hydrogens (tertiary/aromatic N) is 1. The molecule has 1 aromatic carbocycles. The number of aliphatic hydroxyl groups is 1. The maximum atomic E-state index is 13.1. The van der Waals surface area contributed by atoms with Crippen molar-refractivity contribution in [2.24, 2.45) is 0 Å². The van der Waals surface area contributed by atoms with Gasteiger partial charge >= 0.3 is 0 Å². The quantitative estimate of drug-likeness (QED) is 0.868. The monoisotopic (exact) mass is 260 g/mol. The Bertz CT molecular complexity index is 519. The van der Waals surface area contributed by atoms with Crippen molar-refractivity contribution in [3.05, 3.63) is 65.7 Å². The van der Waals surface area contributed by atoms with E-state index in [2.05, 4.69) is 10.3 Å². The summed E-state index contributed by atoms with van der Waals surface area (Å²) in [5.41, 5.74) is 1.68. The fourth-order valence-electron chi connectivity index (χ4n) is 1.89. The summed E-state index contributed by atoms with van der Waals surface area (Å²) in [5, 5.41) is 13.2. The van der Waals surface area contributed by atoms with Crippen molar-refractivity contribution in [1.82, 2.24) is 10.3 Å². The SMILES string of the molecule is CC(NCC(O)c1cccc(F)c1)c1ccncc1. The van der Waals surface area contributed by atoms with Gasteiger partial charge in [0, 0.05) is 25.0 Å². The van der Waals surface area contributed by atoms with Crippen LogP contribution in [-0.2, 0) is 0 Å². The Morgan fingerprint density at radius 2 is 1.95 bits per heavy atom. The number of pyridine rings is 1. The Morgan fingerprint density at radius 3 is 2.63 bits per heavy atom. The lowest BCUT2D eigenvalue weighted by Gasteiger charge is -2.17. The van der Waals surface area contributed by atoms with Gasteiger partial charge in [0.15, 0.2) is 0 Å². The molecule has 0 spiro atoms. The first-order chi connectivity index (χ1) is 9.16. The van der Waals surface area contributed by atoms with E-state index in [4.69, 9.17) is 0 Å². The van der Waals surface area contributed by atoms with E-state index in [1.807, 2.05) is 19.1 Å². The molecule has 4 heteroatoms. The van der Waals surface area contributed by atoms with Crippen LogP contribution < -0.4 is 5.32 Å². The largest absolute Gasteiger partial charge is 0.387 e. The zero-order chi connectivity index (χ0) is 13.7. The number of hydrogen-bond donors (Lipinski definition) is 2. The zero-order valence-electron chi connectivity index (χ0n) is 10.8. The second-order valence-electron chi connectivity index (χ2n) is 4.48. The Kier molecular flexibility index (Phi) is 4.60. The topological polar surface area (TPSA) is 45.1 Å². The zero-order valence-corrected chi connectivity index (χ0v) is 10.8. The maximum absolute atomic E-state index is 13.1. The lowest BCUT2D eigenvalue weighted by Crippen LogP contribution is -2.24. The normalized spacial score (nSPS) is 14.1. The lowest BCUT2D eigenvalue weighted by atomic mass is 10.1. The third-order valence-corrected chi connectivity index (χ3v) is 3.06. The van der Waals surface area contributed by atoms with Gasteiger partial charge in [-0.2, -0.15) is 0 Å². The lowest BCUT2D eigenvalue weighted by molar-refractivity contribution is 0.170. The van der Waals surface area contributed by atoms with Crippen molar-refractivity contribution >= 4 is 0 Å². The number of hydrogen-bond acceptors (Lipinski definition) is 3. The molecule has 0 aliphatic rings. The molecule has 2 atom stereocenters. The average molecular weight is 260 g/mol. The Morgan fingerprint density at radius 1 is 1.21 bits per heavy atom. The van der Waals surface area contributed by atoms with Crippen LogP contribution in [0.4, 0.5) is 4.39 Å². The van der Waals surface area contributed by atoms with Gasteiger partial charge in [0.05, 0.1) is 6.10 Å². The van der Waals surface area contributed by atoms with Gasteiger partial charge in [-0.1, -0.05) is 12.1 Å². The van der Waals surface area contributed by atoms with Crippen LogP contribution in [0, 0.1) is 5.82 Å².